The van der Waals surface area contributed by atoms with Crippen LogP contribution < -0.4 is 4.74 Å². The van der Waals surface area contributed by atoms with E-state index in [4.69, 9.17) is 9.47 Å². The summed E-state index contributed by atoms with van der Waals surface area (Å²) in [4.78, 5) is 44.1. The van der Waals surface area contributed by atoms with Gasteiger partial charge >= 0.3 is 5.97 Å². The van der Waals surface area contributed by atoms with Gasteiger partial charge in [0.15, 0.2) is 0 Å². The standard InChI is InChI=1S/C30H27N3O6/c1-38-24-11-10-21-16-23(9-8-22(21)17-24)27(34)25-26(19-4-6-20(7-5-19)30(37)39-2)33(29(36)28(25)35)14-3-13-32-15-12-31-18-32/h4-12,15-18,26,34H,3,13-14H2,1-2H3/b27-25+. The van der Waals surface area contributed by atoms with E-state index < -0.39 is 23.7 Å². The van der Waals surface area contributed by atoms with E-state index in [0.29, 0.717) is 35.4 Å². The normalized spacial score (nSPS) is 16.6. The van der Waals surface area contributed by atoms with Crippen molar-refractivity contribution in [2.24, 2.45) is 0 Å². The second kappa shape index (κ2) is 10.8. The van der Waals surface area contributed by atoms with Crippen LogP contribution >= 0.6 is 0 Å². The predicted molar refractivity (Wildman–Crippen MR) is 144 cm³/mol. The molecule has 9 nitrogen and oxygen atoms in total. The monoisotopic (exact) mass is 525 g/mol. The summed E-state index contributed by atoms with van der Waals surface area (Å²) in [5, 5.41) is 13.2. The topological polar surface area (TPSA) is 111 Å². The molecule has 1 aliphatic heterocycles. The molecule has 1 unspecified atom stereocenters. The number of rotatable bonds is 8. The molecule has 0 radical (unpaired) electrons. The Hall–Kier alpha value is -4.92. The van der Waals surface area contributed by atoms with Crippen molar-refractivity contribution >= 4 is 34.2 Å². The Bertz CT molecular complexity index is 1570. The molecule has 2 heterocycles. The number of aliphatic hydroxyl groups is 1. The number of carbonyl (C=O) groups excluding carboxylic acids is 3. The molecule has 9 heteroatoms. The lowest BCUT2D eigenvalue weighted by molar-refractivity contribution is -0.139. The highest BCUT2D eigenvalue weighted by Crippen LogP contribution is 2.40. The van der Waals surface area contributed by atoms with Gasteiger partial charge in [0.1, 0.15) is 11.5 Å². The first-order chi connectivity index (χ1) is 18.9. The fraction of sp³-hybridized carbons (Fsp3) is 0.200. The molecule has 0 saturated carbocycles. The number of carbonyl (C=O) groups is 3. The van der Waals surface area contributed by atoms with Gasteiger partial charge in [-0.05, 0) is 53.1 Å². The summed E-state index contributed by atoms with van der Waals surface area (Å²) in [6.45, 7) is 0.881. The number of ether oxygens (including phenoxy) is 2. The molecule has 39 heavy (non-hydrogen) atoms. The average Bonchev–Trinajstić information content (AvgIpc) is 3.58. The minimum Gasteiger partial charge on any atom is -0.507 e. The van der Waals surface area contributed by atoms with Crippen molar-refractivity contribution in [3.8, 4) is 5.75 Å². The van der Waals surface area contributed by atoms with Gasteiger partial charge in [-0.1, -0.05) is 30.3 Å². The number of imidazole rings is 1. The van der Waals surface area contributed by atoms with E-state index in [-0.39, 0.29) is 17.9 Å². The van der Waals surface area contributed by atoms with Gasteiger partial charge in [-0.2, -0.15) is 0 Å². The summed E-state index contributed by atoms with van der Waals surface area (Å²) < 4.78 is 12.0. The Morgan fingerprint density at radius 1 is 0.949 bits per heavy atom. The van der Waals surface area contributed by atoms with Gasteiger partial charge in [0.2, 0.25) is 0 Å². The summed E-state index contributed by atoms with van der Waals surface area (Å²) in [6, 6.07) is 16.5. The molecule has 0 aliphatic carbocycles. The van der Waals surface area contributed by atoms with Crippen LogP contribution in [0.5, 0.6) is 5.75 Å². The molecule has 4 aromatic rings. The Kier molecular flexibility index (Phi) is 7.14. The van der Waals surface area contributed by atoms with Crippen LogP contribution in [-0.4, -0.2) is 58.0 Å². The smallest absolute Gasteiger partial charge is 0.337 e. The number of ketones is 1. The lowest BCUT2D eigenvalue weighted by atomic mass is 9.94. The SMILES string of the molecule is COC(=O)c1ccc(C2/C(=C(\O)c3ccc4cc(OC)ccc4c3)C(=O)C(=O)N2CCCn2ccnc2)cc1. The third kappa shape index (κ3) is 4.98. The summed E-state index contributed by atoms with van der Waals surface area (Å²) in [6.07, 6.45) is 5.76. The quantitative estimate of drug-likeness (QED) is 0.158. The van der Waals surface area contributed by atoms with E-state index >= 15 is 0 Å². The van der Waals surface area contributed by atoms with Crippen LogP contribution in [0.4, 0.5) is 0 Å². The van der Waals surface area contributed by atoms with Crippen LogP contribution in [-0.2, 0) is 20.9 Å². The van der Waals surface area contributed by atoms with Crippen molar-refractivity contribution in [3.63, 3.8) is 0 Å². The van der Waals surface area contributed by atoms with Crippen LogP contribution in [0.25, 0.3) is 16.5 Å². The number of likely N-dealkylation sites (tertiary alicyclic amines) is 1. The van der Waals surface area contributed by atoms with Gasteiger partial charge < -0.3 is 24.0 Å². The number of fused-ring (bicyclic) bond motifs is 1. The molecule has 1 N–H and O–H groups in total. The number of aryl methyl sites for hydroxylation is 1. The van der Waals surface area contributed by atoms with E-state index in [0.717, 1.165) is 10.8 Å². The zero-order chi connectivity index (χ0) is 27.5. The van der Waals surface area contributed by atoms with Gasteiger partial charge in [0.05, 0.1) is 37.7 Å². The molecule has 3 aromatic carbocycles. The van der Waals surface area contributed by atoms with Crippen LogP contribution in [0.2, 0.25) is 0 Å². The third-order valence-corrected chi connectivity index (χ3v) is 6.88. The predicted octanol–water partition coefficient (Wildman–Crippen LogP) is 4.34. The van der Waals surface area contributed by atoms with E-state index in [1.165, 1.54) is 12.0 Å². The van der Waals surface area contributed by atoms with Gasteiger partial charge in [-0.3, -0.25) is 9.59 Å². The summed E-state index contributed by atoms with van der Waals surface area (Å²) in [5.41, 5.74) is 1.35. The lowest BCUT2D eigenvalue weighted by Gasteiger charge is -2.25. The first-order valence-corrected chi connectivity index (χ1v) is 12.4. The number of benzene rings is 3. The molecule has 1 fully saturated rings. The van der Waals surface area contributed by atoms with Gasteiger partial charge in [-0.15, -0.1) is 0 Å². The number of nitrogens with zero attached hydrogens (tertiary/aromatic N) is 3. The zero-order valence-corrected chi connectivity index (χ0v) is 21.5. The number of hydrogen-bond donors (Lipinski definition) is 1. The second-order valence-corrected chi connectivity index (χ2v) is 9.19. The van der Waals surface area contributed by atoms with Crippen LogP contribution in [0.1, 0.15) is 33.9 Å². The van der Waals surface area contributed by atoms with Gasteiger partial charge in [0, 0.05) is 31.0 Å². The molecule has 5 rings (SSSR count). The largest absolute Gasteiger partial charge is 0.507 e. The molecule has 1 saturated heterocycles. The van der Waals surface area contributed by atoms with E-state index in [1.54, 1.807) is 56.0 Å². The van der Waals surface area contributed by atoms with Crippen LogP contribution in [0.15, 0.2) is 85.0 Å². The zero-order valence-electron chi connectivity index (χ0n) is 21.5. The van der Waals surface area contributed by atoms with Crippen molar-refractivity contribution in [1.82, 2.24) is 14.5 Å². The number of methoxy groups -OCH3 is 2. The lowest BCUT2D eigenvalue weighted by Crippen LogP contribution is -2.31. The molecular formula is C30H27N3O6. The molecule has 1 aromatic heterocycles. The van der Waals surface area contributed by atoms with Crippen molar-refractivity contribution in [1.29, 1.82) is 0 Å². The fourth-order valence-electron chi connectivity index (χ4n) is 4.87. The highest BCUT2D eigenvalue weighted by atomic mass is 16.5. The van der Waals surface area contributed by atoms with Crippen molar-refractivity contribution in [3.05, 3.63) is 102 Å². The maximum atomic E-state index is 13.4. The molecule has 1 amide bonds. The third-order valence-electron chi connectivity index (χ3n) is 6.88. The van der Waals surface area contributed by atoms with Gasteiger partial charge in [-0.25, -0.2) is 9.78 Å². The summed E-state index contributed by atoms with van der Waals surface area (Å²) >= 11 is 0. The molecule has 1 aliphatic rings. The minimum atomic E-state index is -0.828. The van der Waals surface area contributed by atoms with E-state index in [9.17, 15) is 19.5 Å². The average molecular weight is 526 g/mol. The number of hydrogen-bond acceptors (Lipinski definition) is 7. The molecule has 1 atom stereocenters. The number of aromatic nitrogens is 2. The summed E-state index contributed by atoms with van der Waals surface area (Å²) in [7, 11) is 2.89. The Balaban J connectivity index is 1.56. The second-order valence-electron chi connectivity index (χ2n) is 9.19. The maximum Gasteiger partial charge on any atom is 0.337 e. The Labute approximate surface area is 224 Å². The maximum absolute atomic E-state index is 13.4. The molecule has 198 valence electrons. The number of Topliss-reactive ketones (excluding diaryl/α,β-unsaturated/α-hetero) is 1. The Morgan fingerprint density at radius 3 is 2.36 bits per heavy atom. The first kappa shape index (κ1) is 25.7. The van der Waals surface area contributed by atoms with Crippen molar-refractivity contribution in [2.45, 2.75) is 19.0 Å². The summed E-state index contributed by atoms with van der Waals surface area (Å²) in [5.74, 6) is -1.49. The number of aliphatic hydroxyl groups excluding tert-OH is 1. The molecule has 0 spiro atoms. The Morgan fingerprint density at radius 2 is 1.67 bits per heavy atom. The molecular weight excluding hydrogens is 498 g/mol. The van der Waals surface area contributed by atoms with Crippen LogP contribution in [0, 0.1) is 0 Å². The van der Waals surface area contributed by atoms with Crippen molar-refractivity contribution in [2.75, 3.05) is 20.8 Å². The minimum absolute atomic E-state index is 0.00121. The first-order valence-electron chi connectivity index (χ1n) is 12.4. The molecule has 0 bridgehead atoms. The highest BCUT2D eigenvalue weighted by molar-refractivity contribution is 6.46. The highest BCUT2D eigenvalue weighted by Gasteiger charge is 2.45. The van der Waals surface area contributed by atoms with E-state index in [1.807, 2.05) is 35.0 Å². The van der Waals surface area contributed by atoms with E-state index in [2.05, 4.69) is 4.98 Å². The number of esters is 1. The van der Waals surface area contributed by atoms with Crippen molar-refractivity contribution < 1.29 is 29.0 Å². The van der Waals surface area contributed by atoms with Crippen LogP contribution in [0.3, 0.4) is 0 Å². The van der Waals surface area contributed by atoms with Gasteiger partial charge in [0.25, 0.3) is 11.7 Å². The number of amides is 1. The fourth-order valence-corrected chi connectivity index (χ4v) is 4.87.